The summed E-state index contributed by atoms with van der Waals surface area (Å²) in [5.41, 5.74) is -0.296. The summed E-state index contributed by atoms with van der Waals surface area (Å²) < 4.78 is 0. The molecule has 0 atom stereocenters. The van der Waals surface area contributed by atoms with Crippen LogP contribution in [-0.4, -0.2) is 36.6 Å². The molecule has 0 spiro atoms. The van der Waals surface area contributed by atoms with E-state index in [4.69, 9.17) is 0 Å². The number of tetrazole rings is 1. The Hall–Kier alpha value is -3.04. The first kappa shape index (κ1) is 12.4. The smallest absolute Gasteiger partial charge is 0.271 e. The quantitative estimate of drug-likeness (QED) is 0.399. The fourth-order valence-corrected chi connectivity index (χ4v) is 1.33. The summed E-state index contributed by atoms with van der Waals surface area (Å²) in [5.74, 6) is -0.633. The molecule has 98 valence electrons. The van der Waals surface area contributed by atoms with E-state index in [9.17, 15) is 20.0 Å². The van der Waals surface area contributed by atoms with E-state index in [1.807, 2.05) is 0 Å². The molecule has 1 heterocycles. The van der Waals surface area contributed by atoms with Crippen LogP contribution in [0.2, 0.25) is 0 Å². The van der Waals surface area contributed by atoms with Crippen LogP contribution in [0.15, 0.2) is 18.2 Å². The molecule has 1 amide bonds. The molecule has 0 aliphatic heterocycles. The standard InChI is InChI=1S/C9H8N6O4/c16-7-2-1-5(15(18)19)3-6(7)10-9(17)4-8-11-13-14-12-8/h1-3,16H,4H2,(H,10,17)(H,11,12,13,14). The fourth-order valence-electron chi connectivity index (χ4n) is 1.33. The van der Waals surface area contributed by atoms with Gasteiger partial charge in [0, 0.05) is 12.1 Å². The number of nitro benzene ring substituents is 1. The predicted molar refractivity (Wildman–Crippen MR) is 61.3 cm³/mol. The van der Waals surface area contributed by atoms with Crippen molar-refractivity contribution in [2.24, 2.45) is 0 Å². The molecule has 0 bridgehead atoms. The summed E-state index contributed by atoms with van der Waals surface area (Å²) in [4.78, 5) is 21.6. The highest BCUT2D eigenvalue weighted by atomic mass is 16.6. The molecule has 0 aliphatic carbocycles. The van der Waals surface area contributed by atoms with Crippen molar-refractivity contribution in [1.82, 2.24) is 20.6 Å². The Kier molecular flexibility index (Phi) is 3.32. The third kappa shape index (κ3) is 3.00. The molecular weight excluding hydrogens is 256 g/mol. The molecule has 0 saturated carbocycles. The van der Waals surface area contributed by atoms with E-state index < -0.39 is 10.8 Å². The molecule has 1 aromatic carbocycles. The maximum atomic E-state index is 11.6. The molecule has 0 unspecified atom stereocenters. The Morgan fingerprint density at radius 3 is 2.95 bits per heavy atom. The molecule has 0 fully saturated rings. The van der Waals surface area contributed by atoms with Crippen LogP contribution in [0.4, 0.5) is 11.4 Å². The first-order chi connectivity index (χ1) is 9.06. The number of hydrogen-bond acceptors (Lipinski definition) is 7. The van der Waals surface area contributed by atoms with E-state index in [0.29, 0.717) is 0 Å². The van der Waals surface area contributed by atoms with Gasteiger partial charge in [-0.25, -0.2) is 0 Å². The van der Waals surface area contributed by atoms with Crippen LogP contribution in [0.3, 0.4) is 0 Å². The largest absolute Gasteiger partial charge is 0.506 e. The maximum Gasteiger partial charge on any atom is 0.271 e. The van der Waals surface area contributed by atoms with Gasteiger partial charge < -0.3 is 10.4 Å². The average molecular weight is 264 g/mol. The Morgan fingerprint density at radius 1 is 1.53 bits per heavy atom. The summed E-state index contributed by atoms with van der Waals surface area (Å²) in [6.45, 7) is 0. The van der Waals surface area contributed by atoms with Gasteiger partial charge in [0.05, 0.1) is 17.0 Å². The second kappa shape index (κ2) is 5.08. The first-order valence-electron chi connectivity index (χ1n) is 5.06. The number of nitrogens with one attached hydrogen (secondary N) is 2. The minimum Gasteiger partial charge on any atom is -0.506 e. The van der Waals surface area contributed by atoms with Gasteiger partial charge in [-0.3, -0.25) is 14.9 Å². The van der Waals surface area contributed by atoms with Gasteiger partial charge in [-0.2, -0.15) is 5.21 Å². The number of amides is 1. The van der Waals surface area contributed by atoms with E-state index in [-0.39, 0.29) is 29.4 Å². The number of nitro groups is 1. The monoisotopic (exact) mass is 264 g/mol. The molecule has 2 aromatic rings. The lowest BCUT2D eigenvalue weighted by molar-refractivity contribution is -0.384. The molecule has 10 heteroatoms. The van der Waals surface area contributed by atoms with Gasteiger partial charge in [0.1, 0.15) is 5.75 Å². The van der Waals surface area contributed by atoms with E-state index in [1.165, 1.54) is 0 Å². The number of carbonyl (C=O) groups is 1. The number of benzene rings is 1. The lowest BCUT2D eigenvalue weighted by atomic mass is 10.2. The van der Waals surface area contributed by atoms with E-state index in [0.717, 1.165) is 18.2 Å². The molecule has 3 N–H and O–H groups in total. The second-order valence-corrected chi connectivity index (χ2v) is 3.51. The van der Waals surface area contributed by atoms with Crippen molar-refractivity contribution >= 4 is 17.3 Å². The summed E-state index contributed by atoms with van der Waals surface area (Å²) in [6, 6.07) is 3.32. The van der Waals surface area contributed by atoms with Crippen molar-refractivity contribution in [2.45, 2.75) is 6.42 Å². The number of carbonyl (C=O) groups excluding carboxylic acids is 1. The van der Waals surface area contributed by atoms with Crippen LogP contribution in [0.25, 0.3) is 0 Å². The maximum absolute atomic E-state index is 11.6. The first-order valence-corrected chi connectivity index (χ1v) is 5.06. The van der Waals surface area contributed by atoms with Gasteiger partial charge >= 0.3 is 0 Å². The van der Waals surface area contributed by atoms with Crippen LogP contribution in [0, 0.1) is 10.1 Å². The summed E-state index contributed by atoms with van der Waals surface area (Å²) in [6.07, 6.45) is -0.168. The van der Waals surface area contributed by atoms with E-state index in [1.54, 1.807) is 0 Å². The zero-order valence-corrected chi connectivity index (χ0v) is 9.40. The molecule has 19 heavy (non-hydrogen) atoms. The molecule has 0 aliphatic rings. The number of aromatic hydroxyl groups is 1. The number of phenolic OH excluding ortho intramolecular Hbond substituents is 1. The molecule has 2 rings (SSSR count). The van der Waals surface area contributed by atoms with Gasteiger partial charge in [0.25, 0.3) is 5.69 Å². The topological polar surface area (TPSA) is 147 Å². The third-order valence-electron chi connectivity index (χ3n) is 2.17. The summed E-state index contributed by atoms with van der Waals surface area (Å²) >= 11 is 0. The van der Waals surface area contributed by atoms with Crippen LogP contribution >= 0.6 is 0 Å². The number of aromatic amines is 1. The number of rotatable bonds is 4. The van der Waals surface area contributed by atoms with Gasteiger partial charge in [0.2, 0.25) is 5.91 Å². The minimum absolute atomic E-state index is 0.0531. The molecule has 0 radical (unpaired) electrons. The van der Waals surface area contributed by atoms with Gasteiger partial charge in [0.15, 0.2) is 5.82 Å². The third-order valence-corrected chi connectivity index (χ3v) is 2.17. The number of H-pyrrole nitrogens is 1. The van der Waals surface area contributed by atoms with Crippen molar-refractivity contribution in [3.05, 3.63) is 34.1 Å². The lowest BCUT2D eigenvalue weighted by Crippen LogP contribution is -2.15. The average Bonchev–Trinajstić information content (AvgIpc) is 2.84. The van der Waals surface area contributed by atoms with Crippen LogP contribution in [-0.2, 0) is 11.2 Å². The number of nitrogens with zero attached hydrogens (tertiary/aromatic N) is 4. The molecule has 1 aromatic heterocycles. The van der Waals surface area contributed by atoms with Gasteiger partial charge in [-0.1, -0.05) is 5.21 Å². The van der Waals surface area contributed by atoms with Crippen molar-refractivity contribution in [1.29, 1.82) is 0 Å². The Balaban J connectivity index is 2.11. The minimum atomic E-state index is -0.631. The van der Waals surface area contributed by atoms with Crippen molar-refractivity contribution in [2.75, 3.05) is 5.32 Å². The van der Waals surface area contributed by atoms with E-state index in [2.05, 4.69) is 25.9 Å². The number of phenols is 1. The highest BCUT2D eigenvalue weighted by molar-refractivity contribution is 5.93. The highest BCUT2D eigenvalue weighted by Crippen LogP contribution is 2.27. The number of anilines is 1. The fraction of sp³-hybridized carbons (Fsp3) is 0.111. The van der Waals surface area contributed by atoms with Gasteiger partial charge in [-0.15, -0.1) is 10.2 Å². The van der Waals surface area contributed by atoms with Crippen molar-refractivity contribution < 1.29 is 14.8 Å². The lowest BCUT2D eigenvalue weighted by Gasteiger charge is -2.05. The zero-order chi connectivity index (χ0) is 13.8. The van der Waals surface area contributed by atoms with Crippen molar-refractivity contribution in [3.8, 4) is 5.75 Å². The van der Waals surface area contributed by atoms with E-state index >= 15 is 0 Å². The van der Waals surface area contributed by atoms with Gasteiger partial charge in [-0.05, 0) is 6.07 Å². The SMILES string of the molecule is O=C(Cc1nn[nH]n1)Nc1cc([N+](=O)[O-])ccc1O. The summed E-state index contributed by atoms with van der Waals surface area (Å²) in [5, 5.41) is 35.1. The normalized spacial score (nSPS) is 10.1. The molecule has 0 saturated heterocycles. The van der Waals surface area contributed by atoms with Crippen LogP contribution in [0.5, 0.6) is 5.75 Å². The van der Waals surface area contributed by atoms with Crippen LogP contribution in [0.1, 0.15) is 5.82 Å². The number of non-ortho nitro benzene ring substituents is 1. The van der Waals surface area contributed by atoms with Crippen LogP contribution < -0.4 is 5.32 Å². The molecule has 10 nitrogen and oxygen atoms in total. The Morgan fingerprint density at radius 2 is 2.32 bits per heavy atom. The Bertz CT molecular complexity index is 611. The second-order valence-electron chi connectivity index (χ2n) is 3.51. The Labute approximate surface area is 105 Å². The highest BCUT2D eigenvalue weighted by Gasteiger charge is 2.14. The zero-order valence-electron chi connectivity index (χ0n) is 9.40. The molecular formula is C9H8N6O4. The summed E-state index contributed by atoms with van der Waals surface area (Å²) in [7, 11) is 0. The predicted octanol–water partition coefficient (Wildman–Crippen LogP) is -0.00530. The number of aromatic nitrogens is 4. The number of hydrogen-bond donors (Lipinski definition) is 3. The van der Waals surface area contributed by atoms with Crippen molar-refractivity contribution in [3.63, 3.8) is 0 Å².